The normalized spacial score (nSPS) is 31.0. The molecule has 3 aliphatic heterocycles. The summed E-state index contributed by atoms with van der Waals surface area (Å²) in [6.45, 7) is 0.479. The van der Waals surface area contributed by atoms with E-state index in [1.54, 1.807) is 0 Å². The van der Waals surface area contributed by atoms with Gasteiger partial charge in [-0.2, -0.15) is 13.2 Å². The third kappa shape index (κ3) is 2.51. The molecular weight excluding hydrogens is 356 g/mol. The van der Waals surface area contributed by atoms with E-state index in [-0.39, 0.29) is 11.7 Å². The molecule has 4 aliphatic rings. The van der Waals surface area contributed by atoms with Crippen LogP contribution < -0.4 is 14.9 Å². The van der Waals surface area contributed by atoms with Crippen LogP contribution in [-0.4, -0.2) is 36.7 Å². The van der Waals surface area contributed by atoms with Gasteiger partial charge in [0, 0.05) is 24.5 Å². The molecule has 4 nitrogen and oxygen atoms in total. The lowest BCUT2D eigenvalue weighted by molar-refractivity contribution is -0.152. The summed E-state index contributed by atoms with van der Waals surface area (Å²) in [5.74, 6) is 0.592. The Bertz CT molecular complexity index is 761. The van der Waals surface area contributed by atoms with Crippen LogP contribution in [0.2, 0.25) is 0 Å². The van der Waals surface area contributed by atoms with Crippen molar-refractivity contribution >= 4 is 29.2 Å². The lowest BCUT2D eigenvalue weighted by Gasteiger charge is -2.39. The van der Waals surface area contributed by atoms with Gasteiger partial charge in [-0.05, 0) is 43.3 Å². The van der Waals surface area contributed by atoms with Gasteiger partial charge < -0.3 is 14.9 Å². The van der Waals surface area contributed by atoms with Crippen LogP contribution in [0.3, 0.4) is 0 Å². The molecule has 2 unspecified atom stereocenters. The molecule has 0 radical (unpaired) electrons. The van der Waals surface area contributed by atoms with Crippen molar-refractivity contribution in [1.29, 1.82) is 0 Å². The second kappa shape index (κ2) is 5.26. The zero-order chi connectivity index (χ0) is 17.3. The number of hydrogen-bond acceptors (Lipinski definition) is 5. The summed E-state index contributed by atoms with van der Waals surface area (Å²) in [6, 6.07) is -0.0411. The van der Waals surface area contributed by atoms with Gasteiger partial charge in [-0.1, -0.05) is 0 Å². The lowest BCUT2D eigenvalue weighted by Crippen LogP contribution is -2.58. The fourth-order valence-corrected chi connectivity index (χ4v) is 4.93. The van der Waals surface area contributed by atoms with Crippen molar-refractivity contribution in [2.24, 2.45) is 10.9 Å². The van der Waals surface area contributed by atoms with Gasteiger partial charge in [0.1, 0.15) is 23.4 Å². The Balaban J connectivity index is 1.63. The maximum absolute atomic E-state index is 14.1. The summed E-state index contributed by atoms with van der Waals surface area (Å²) < 4.78 is 58.3. The highest BCUT2D eigenvalue weighted by Crippen LogP contribution is 2.49. The minimum Gasteiger partial charge on any atom is -0.352 e. The molecule has 1 saturated carbocycles. The zero-order valence-corrected chi connectivity index (χ0v) is 13.9. The smallest absolute Gasteiger partial charge is 0.352 e. The topological polar surface area (TPSA) is 39.7 Å². The number of nitrogens with zero attached hydrogens (tertiary/aromatic N) is 2. The second-order valence-corrected chi connectivity index (χ2v) is 7.89. The highest BCUT2D eigenvalue weighted by atomic mass is 32.2. The quantitative estimate of drug-likeness (QED) is 0.617. The van der Waals surface area contributed by atoms with Gasteiger partial charge in [0.2, 0.25) is 0 Å². The highest BCUT2D eigenvalue weighted by molar-refractivity contribution is 7.98. The molecule has 2 saturated heterocycles. The fourth-order valence-electron chi connectivity index (χ4n) is 4.08. The van der Waals surface area contributed by atoms with Crippen LogP contribution in [0.25, 0.3) is 0 Å². The standard InChI is InChI=1S/C16H16F4N4S/c17-8-3-11(13-12(4-8)25-23-15(22-13)7-1-2-7)24-9-5-10(21-6-9)14(24)16(18,19)20/h3-4,7,9-10,14,21H,1-2,5-6H2,(H,22,23)/t9?,10-,14?/m0/s1. The maximum atomic E-state index is 14.1. The Morgan fingerprint density at radius 1 is 1.24 bits per heavy atom. The van der Waals surface area contributed by atoms with Gasteiger partial charge in [0.15, 0.2) is 0 Å². The van der Waals surface area contributed by atoms with E-state index in [4.69, 9.17) is 0 Å². The minimum absolute atomic E-state index is 0.262. The average Bonchev–Trinajstić information content (AvgIpc) is 3.20. The Morgan fingerprint density at radius 2 is 2.04 bits per heavy atom. The van der Waals surface area contributed by atoms with E-state index < -0.39 is 24.1 Å². The summed E-state index contributed by atoms with van der Waals surface area (Å²) in [5.41, 5.74) is 0.729. The first-order chi connectivity index (χ1) is 11.9. The number of rotatable bonds is 2. The molecule has 2 bridgehead atoms. The van der Waals surface area contributed by atoms with E-state index in [9.17, 15) is 17.6 Å². The number of halogens is 4. The first-order valence-electron chi connectivity index (χ1n) is 8.35. The number of aliphatic imine (C=N–C) groups is 1. The molecule has 134 valence electrons. The van der Waals surface area contributed by atoms with Crippen LogP contribution >= 0.6 is 11.9 Å². The van der Waals surface area contributed by atoms with Crippen LogP contribution in [0.1, 0.15) is 19.3 Å². The molecule has 1 aromatic carbocycles. The van der Waals surface area contributed by atoms with Crippen LogP contribution in [0.5, 0.6) is 0 Å². The van der Waals surface area contributed by atoms with E-state index in [0.29, 0.717) is 29.5 Å². The molecule has 1 aromatic rings. The predicted molar refractivity (Wildman–Crippen MR) is 87.7 cm³/mol. The van der Waals surface area contributed by atoms with Crippen LogP contribution in [-0.2, 0) is 0 Å². The molecule has 25 heavy (non-hydrogen) atoms. The number of nitrogens with one attached hydrogen (secondary N) is 2. The first kappa shape index (κ1) is 15.7. The van der Waals surface area contributed by atoms with Gasteiger partial charge >= 0.3 is 6.18 Å². The van der Waals surface area contributed by atoms with Crippen molar-refractivity contribution in [3.63, 3.8) is 0 Å². The summed E-state index contributed by atoms with van der Waals surface area (Å²) in [6.07, 6.45) is -1.90. The molecule has 0 amide bonds. The molecule has 1 aliphatic carbocycles. The number of benzene rings is 1. The highest BCUT2D eigenvalue weighted by Gasteiger charge is 2.58. The summed E-state index contributed by atoms with van der Waals surface area (Å²) in [4.78, 5) is 6.47. The van der Waals surface area contributed by atoms with E-state index >= 15 is 0 Å². The van der Waals surface area contributed by atoms with Gasteiger partial charge in [0.25, 0.3) is 0 Å². The van der Waals surface area contributed by atoms with E-state index in [1.165, 1.54) is 29.0 Å². The number of piperazine rings is 1. The number of alkyl halides is 3. The maximum Gasteiger partial charge on any atom is 0.410 e. The molecule has 3 fully saturated rings. The molecule has 0 aromatic heterocycles. The van der Waals surface area contributed by atoms with Gasteiger partial charge in [-0.25, -0.2) is 9.38 Å². The summed E-state index contributed by atoms with van der Waals surface area (Å²) in [7, 11) is 0. The molecule has 0 spiro atoms. The average molecular weight is 372 g/mol. The predicted octanol–water partition coefficient (Wildman–Crippen LogP) is 3.36. The Kier molecular flexibility index (Phi) is 3.31. The Hall–Kier alpha value is -1.48. The van der Waals surface area contributed by atoms with Crippen LogP contribution in [0.15, 0.2) is 22.0 Å². The van der Waals surface area contributed by atoms with Gasteiger partial charge in [0.05, 0.1) is 10.6 Å². The third-order valence-corrected chi connectivity index (χ3v) is 6.15. The van der Waals surface area contributed by atoms with Crippen LogP contribution in [0, 0.1) is 11.7 Å². The third-order valence-electron chi connectivity index (χ3n) is 5.31. The van der Waals surface area contributed by atoms with Gasteiger partial charge in [-0.15, -0.1) is 0 Å². The first-order valence-corrected chi connectivity index (χ1v) is 9.17. The number of anilines is 1. The fraction of sp³-hybridized carbons (Fsp3) is 0.562. The monoisotopic (exact) mass is 372 g/mol. The summed E-state index contributed by atoms with van der Waals surface area (Å²) in [5, 5.41) is 2.94. The van der Waals surface area contributed by atoms with Crippen molar-refractivity contribution in [2.45, 2.75) is 48.5 Å². The lowest BCUT2D eigenvalue weighted by atomic mass is 10.1. The molecular formula is C16H16F4N4S. The minimum atomic E-state index is -4.38. The molecule has 5 rings (SSSR count). The van der Waals surface area contributed by atoms with Crippen molar-refractivity contribution in [1.82, 2.24) is 10.0 Å². The Labute approximate surface area is 146 Å². The van der Waals surface area contributed by atoms with Gasteiger partial charge in [-0.3, -0.25) is 0 Å². The molecule has 3 heterocycles. The number of hydrogen-bond donors (Lipinski definition) is 2. The largest absolute Gasteiger partial charge is 0.410 e. The molecule has 2 N–H and O–H groups in total. The second-order valence-electron chi connectivity index (χ2n) is 7.05. The zero-order valence-electron chi connectivity index (χ0n) is 13.1. The van der Waals surface area contributed by atoms with E-state index in [0.717, 1.165) is 18.7 Å². The SMILES string of the molecule is Fc1cc2c(c(N3C4CN[C@@H](C4)C3C(F)(F)F)c1)N=C(C1CC1)NS2. The van der Waals surface area contributed by atoms with E-state index in [1.807, 2.05) is 0 Å². The van der Waals surface area contributed by atoms with Crippen molar-refractivity contribution in [3.8, 4) is 0 Å². The van der Waals surface area contributed by atoms with Crippen molar-refractivity contribution < 1.29 is 17.6 Å². The number of fused-ring (bicyclic) bond motifs is 3. The van der Waals surface area contributed by atoms with E-state index in [2.05, 4.69) is 15.0 Å². The summed E-state index contributed by atoms with van der Waals surface area (Å²) >= 11 is 1.24. The van der Waals surface area contributed by atoms with Crippen molar-refractivity contribution in [3.05, 3.63) is 17.9 Å². The van der Waals surface area contributed by atoms with Crippen LogP contribution in [0.4, 0.5) is 28.9 Å². The Morgan fingerprint density at radius 3 is 2.76 bits per heavy atom. The number of amidine groups is 1. The molecule has 9 heteroatoms. The molecule has 3 atom stereocenters. The van der Waals surface area contributed by atoms with Crippen molar-refractivity contribution in [2.75, 3.05) is 11.4 Å².